The van der Waals surface area contributed by atoms with E-state index in [9.17, 15) is 14.0 Å². The summed E-state index contributed by atoms with van der Waals surface area (Å²) in [5, 5.41) is 7.62. The number of rotatable bonds is 4. The molecular formula is C19H22FN3O2S. The number of aryl methyl sites for hydroxylation is 1. The maximum absolute atomic E-state index is 13.6. The van der Waals surface area contributed by atoms with E-state index < -0.39 is 0 Å². The Kier molecular flexibility index (Phi) is 5.88. The molecule has 0 aliphatic carbocycles. The summed E-state index contributed by atoms with van der Waals surface area (Å²) in [7, 11) is 0. The van der Waals surface area contributed by atoms with Crippen molar-refractivity contribution in [3.05, 3.63) is 52.0 Å². The number of urea groups is 1. The van der Waals surface area contributed by atoms with E-state index in [0.29, 0.717) is 30.9 Å². The predicted molar refractivity (Wildman–Crippen MR) is 101 cm³/mol. The standard InChI is InChI=1S/C19H22FN3O2S/c1-13-6-7-15(10-17(13)20)22-18(24)14-4-2-8-23(12-14)19(25)21-11-16-5-3-9-26-16/h3,5-7,9-10,14H,2,4,8,11-12H2,1H3,(H,21,25)(H,22,24). The molecule has 1 aromatic carbocycles. The first-order valence-corrected chi connectivity index (χ1v) is 9.53. The summed E-state index contributed by atoms with van der Waals surface area (Å²) in [5.41, 5.74) is 0.978. The number of hydrogen-bond acceptors (Lipinski definition) is 3. The number of amides is 3. The second-order valence-electron chi connectivity index (χ2n) is 6.48. The first-order chi connectivity index (χ1) is 12.5. The third-order valence-corrected chi connectivity index (χ3v) is 5.39. The molecule has 1 saturated heterocycles. The van der Waals surface area contributed by atoms with E-state index in [1.807, 2.05) is 17.5 Å². The second-order valence-corrected chi connectivity index (χ2v) is 7.51. The van der Waals surface area contributed by atoms with Gasteiger partial charge in [-0.05, 0) is 48.9 Å². The SMILES string of the molecule is Cc1ccc(NC(=O)C2CCCN(C(=O)NCc3cccs3)C2)cc1F. The molecule has 1 aliphatic rings. The molecule has 5 nitrogen and oxygen atoms in total. The molecule has 1 atom stereocenters. The van der Waals surface area contributed by atoms with Crippen molar-refractivity contribution in [1.29, 1.82) is 0 Å². The summed E-state index contributed by atoms with van der Waals surface area (Å²) < 4.78 is 13.6. The van der Waals surface area contributed by atoms with Crippen molar-refractivity contribution in [3.63, 3.8) is 0 Å². The minimum Gasteiger partial charge on any atom is -0.333 e. The van der Waals surface area contributed by atoms with E-state index in [0.717, 1.165) is 17.7 Å². The number of nitrogens with one attached hydrogen (secondary N) is 2. The molecule has 1 unspecified atom stereocenters. The Balaban J connectivity index is 1.54. The molecule has 2 N–H and O–H groups in total. The van der Waals surface area contributed by atoms with E-state index in [1.54, 1.807) is 35.3 Å². The van der Waals surface area contributed by atoms with Crippen molar-refractivity contribution in [2.45, 2.75) is 26.3 Å². The number of thiophene rings is 1. The number of hydrogen-bond donors (Lipinski definition) is 2. The minimum atomic E-state index is -0.346. The summed E-state index contributed by atoms with van der Waals surface area (Å²) >= 11 is 1.59. The fourth-order valence-corrected chi connectivity index (χ4v) is 3.62. The Morgan fingerprint density at radius 3 is 2.92 bits per heavy atom. The Bertz CT molecular complexity index is 779. The van der Waals surface area contributed by atoms with Crippen LogP contribution in [0, 0.1) is 18.7 Å². The van der Waals surface area contributed by atoms with E-state index in [4.69, 9.17) is 0 Å². The molecule has 26 heavy (non-hydrogen) atoms. The Morgan fingerprint density at radius 1 is 1.35 bits per heavy atom. The lowest BCUT2D eigenvalue weighted by Crippen LogP contribution is -2.47. The van der Waals surface area contributed by atoms with Crippen LogP contribution in [0.3, 0.4) is 0 Å². The monoisotopic (exact) mass is 375 g/mol. The van der Waals surface area contributed by atoms with Crippen LogP contribution in [0.15, 0.2) is 35.7 Å². The van der Waals surface area contributed by atoms with Crippen molar-refractivity contribution >= 4 is 29.0 Å². The lowest BCUT2D eigenvalue weighted by atomic mass is 9.97. The highest BCUT2D eigenvalue weighted by Crippen LogP contribution is 2.20. The molecule has 0 saturated carbocycles. The van der Waals surface area contributed by atoms with Crippen molar-refractivity contribution < 1.29 is 14.0 Å². The molecule has 0 bridgehead atoms. The normalized spacial score (nSPS) is 17.0. The van der Waals surface area contributed by atoms with Crippen LogP contribution in [-0.4, -0.2) is 29.9 Å². The second kappa shape index (κ2) is 8.31. The Morgan fingerprint density at radius 2 is 2.19 bits per heavy atom. The molecule has 3 amide bonds. The highest BCUT2D eigenvalue weighted by Gasteiger charge is 2.28. The Hall–Kier alpha value is -2.41. The maximum Gasteiger partial charge on any atom is 0.317 e. The van der Waals surface area contributed by atoms with Gasteiger partial charge in [0.15, 0.2) is 0 Å². The molecule has 0 spiro atoms. The van der Waals surface area contributed by atoms with Crippen LogP contribution in [0.2, 0.25) is 0 Å². The molecule has 1 aromatic heterocycles. The zero-order valence-corrected chi connectivity index (χ0v) is 15.4. The van der Waals surface area contributed by atoms with Crippen LogP contribution in [-0.2, 0) is 11.3 Å². The number of piperidine rings is 1. The molecule has 2 aromatic rings. The summed E-state index contributed by atoms with van der Waals surface area (Å²) in [6.45, 7) is 3.18. The summed E-state index contributed by atoms with van der Waals surface area (Å²) in [6, 6.07) is 8.40. The van der Waals surface area contributed by atoms with Gasteiger partial charge >= 0.3 is 6.03 Å². The van der Waals surface area contributed by atoms with Gasteiger partial charge in [-0.15, -0.1) is 11.3 Å². The van der Waals surface area contributed by atoms with E-state index in [1.165, 1.54) is 6.07 Å². The number of benzene rings is 1. The molecule has 0 radical (unpaired) electrons. The zero-order chi connectivity index (χ0) is 18.5. The molecular weight excluding hydrogens is 353 g/mol. The van der Waals surface area contributed by atoms with Crippen molar-refractivity contribution in [2.75, 3.05) is 18.4 Å². The quantitative estimate of drug-likeness (QED) is 0.855. The number of anilines is 1. The number of carbonyl (C=O) groups excluding carboxylic acids is 2. The molecule has 1 aliphatic heterocycles. The van der Waals surface area contributed by atoms with Gasteiger partial charge in [0.2, 0.25) is 5.91 Å². The number of halogens is 1. The van der Waals surface area contributed by atoms with Crippen LogP contribution in [0.25, 0.3) is 0 Å². The van der Waals surface area contributed by atoms with Gasteiger partial charge < -0.3 is 15.5 Å². The van der Waals surface area contributed by atoms with Crippen LogP contribution in [0.4, 0.5) is 14.9 Å². The third kappa shape index (κ3) is 4.60. The largest absolute Gasteiger partial charge is 0.333 e. The van der Waals surface area contributed by atoms with Gasteiger partial charge in [-0.2, -0.15) is 0 Å². The zero-order valence-electron chi connectivity index (χ0n) is 14.6. The average Bonchev–Trinajstić information content (AvgIpc) is 3.16. The van der Waals surface area contributed by atoms with Crippen LogP contribution in [0.1, 0.15) is 23.3 Å². The van der Waals surface area contributed by atoms with E-state index >= 15 is 0 Å². The van der Waals surface area contributed by atoms with Crippen LogP contribution < -0.4 is 10.6 Å². The third-order valence-electron chi connectivity index (χ3n) is 4.51. The molecule has 3 rings (SSSR count). The van der Waals surface area contributed by atoms with Gasteiger partial charge in [-0.25, -0.2) is 9.18 Å². The number of nitrogens with zero attached hydrogens (tertiary/aromatic N) is 1. The van der Waals surface area contributed by atoms with Gasteiger partial charge in [0, 0.05) is 23.7 Å². The molecule has 7 heteroatoms. The molecule has 1 fully saturated rings. The topological polar surface area (TPSA) is 61.4 Å². The van der Waals surface area contributed by atoms with Gasteiger partial charge in [0.25, 0.3) is 0 Å². The predicted octanol–water partition coefficient (Wildman–Crippen LogP) is 3.76. The summed E-state index contributed by atoms with van der Waals surface area (Å²) in [4.78, 5) is 27.6. The van der Waals surface area contributed by atoms with Gasteiger partial charge in [0.05, 0.1) is 12.5 Å². The summed E-state index contributed by atoms with van der Waals surface area (Å²) in [6.07, 6.45) is 1.49. The highest BCUT2D eigenvalue weighted by molar-refractivity contribution is 7.09. The first kappa shape index (κ1) is 18.4. The smallest absolute Gasteiger partial charge is 0.317 e. The fourth-order valence-electron chi connectivity index (χ4n) is 2.98. The molecule has 138 valence electrons. The maximum atomic E-state index is 13.6. The van der Waals surface area contributed by atoms with Crippen LogP contribution in [0.5, 0.6) is 0 Å². The highest BCUT2D eigenvalue weighted by atomic mass is 32.1. The van der Waals surface area contributed by atoms with E-state index in [2.05, 4.69) is 10.6 Å². The van der Waals surface area contributed by atoms with Gasteiger partial charge in [-0.1, -0.05) is 12.1 Å². The number of carbonyl (C=O) groups is 2. The molecule has 2 heterocycles. The van der Waals surface area contributed by atoms with Crippen molar-refractivity contribution in [2.24, 2.45) is 5.92 Å². The van der Waals surface area contributed by atoms with E-state index in [-0.39, 0.29) is 23.7 Å². The van der Waals surface area contributed by atoms with Crippen molar-refractivity contribution in [1.82, 2.24) is 10.2 Å². The van der Waals surface area contributed by atoms with Gasteiger partial charge in [0.1, 0.15) is 5.82 Å². The average molecular weight is 375 g/mol. The summed E-state index contributed by atoms with van der Waals surface area (Å²) in [5.74, 6) is -0.814. The first-order valence-electron chi connectivity index (χ1n) is 8.65. The van der Waals surface area contributed by atoms with Crippen LogP contribution >= 0.6 is 11.3 Å². The fraction of sp³-hybridized carbons (Fsp3) is 0.368. The van der Waals surface area contributed by atoms with Crippen molar-refractivity contribution in [3.8, 4) is 0 Å². The lowest BCUT2D eigenvalue weighted by Gasteiger charge is -2.32. The number of likely N-dealkylation sites (tertiary alicyclic amines) is 1. The lowest BCUT2D eigenvalue weighted by molar-refractivity contribution is -0.121. The van der Waals surface area contributed by atoms with Gasteiger partial charge in [-0.3, -0.25) is 4.79 Å². The minimum absolute atomic E-state index is 0.155. The Labute approximate surface area is 156 Å².